The van der Waals surface area contributed by atoms with Crippen LogP contribution in [-0.4, -0.2) is 31.6 Å². The zero-order valence-corrected chi connectivity index (χ0v) is 19.2. The second kappa shape index (κ2) is 8.23. The first kappa shape index (κ1) is 22.1. The number of benzene rings is 2. The highest BCUT2D eigenvalue weighted by molar-refractivity contribution is 5.97. The molecule has 176 valence electrons. The molecule has 3 heterocycles. The van der Waals surface area contributed by atoms with Gasteiger partial charge < -0.3 is 15.1 Å². The number of hydrogen-bond acceptors (Lipinski definition) is 5. The topological polar surface area (TPSA) is 90.2 Å². The minimum Gasteiger partial charge on any atom is -0.424 e. The number of nitrogen functional groups attached to an aromatic ring is 1. The minimum absolute atomic E-state index is 0.0508. The molecule has 2 atom stereocenters. The van der Waals surface area contributed by atoms with Crippen molar-refractivity contribution in [3.63, 3.8) is 0 Å². The Morgan fingerprint density at radius 1 is 1.15 bits per heavy atom. The summed E-state index contributed by atoms with van der Waals surface area (Å²) in [7, 11) is 1.76. The Morgan fingerprint density at radius 2 is 1.88 bits per heavy atom. The van der Waals surface area contributed by atoms with Crippen LogP contribution in [-0.2, 0) is 13.5 Å². The van der Waals surface area contributed by atoms with Crippen LogP contribution in [0.4, 0.5) is 14.8 Å². The zero-order valence-electron chi connectivity index (χ0n) is 19.2. The number of carbonyl (C=O) groups excluding carboxylic acids is 1. The van der Waals surface area contributed by atoms with Gasteiger partial charge in [0.25, 0.3) is 11.9 Å². The second-order valence-electron chi connectivity index (χ2n) is 8.63. The normalized spacial score (nSPS) is 17.9. The summed E-state index contributed by atoms with van der Waals surface area (Å²) in [4.78, 5) is 19.7. The van der Waals surface area contributed by atoms with Crippen molar-refractivity contribution < 1.29 is 18.0 Å². The van der Waals surface area contributed by atoms with E-state index in [4.69, 9.17) is 15.2 Å². The number of amides is 1. The molecule has 0 fully saturated rings. The summed E-state index contributed by atoms with van der Waals surface area (Å²) in [5.74, 6) is -1.41. The van der Waals surface area contributed by atoms with E-state index >= 15 is 0 Å². The zero-order chi connectivity index (χ0) is 24.1. The number of aromatic nitrogens is 3. The van der Waals surface area contributed by atoms with Crippen molar-refractivity contribution in [3.8, 4) is 11.3 Å². The Bertz CT molecular complexity index is 1390. The summed E-state index contributed by atoms with van der Waals surface area (Å²) in [6.45, 7) is 4.03. The smallest absolute Gasteiger partial charge is 0.292 e. The van der Waals surface area contributed by atoms with Crippen LogP contribution in [0.3, 0.4) is 0 Å². The molecule has 1 aliphatic rings. The lowest BCUT2D eigenvalue weighted by molar-refractivity contribution is 0.0513. The maximum Gasteiger partial charge on any atom is 0.292 e. The number of halogens is 2. The number of rotatable bonds is 4. The molecule has 0 bridgehead atoms. The van der Waals surface area contributed by atoms with Crippen LogP contribution in [0.1, 0.15) is 54.3 Å². The van der Waals surface area contributed by atoms with Crippen molar-refractivity contribution >= 4 is 23.0 Å². The van der Waals surface area contributed by atoms with E-state index in [1.54, 1.807) is 29.9 Å². The van der Waals surface area contributed by atoms with Gasteiger partial charge in [-0.3, -0.25) is 9.48 Å². The van der Waals surface area contributed by atoms with Crippen molar-refractivity contribution in [2.75, 3.05) is 5.73 Å². The van der Waals surface area contributed by atoms with Gasteiger partial charge in [0.05, 0.1) is 17.4 Å². The monoisotopic (exact) mass is 465 g/mol. The lowest BCUT2D eigenvalue weighted by Crippen LogP contribution is -2.47. The van der Waals surface area contributed by atoms with Gasteiger partial charge in [0.2, 0.25) is 0 Å². The summed E-state index contributed by atoms with van der Waals surface area (Å²) < 4.78 is 35.1. The maximum atomic E-state index is 14.0. The molecule has 0 radical (unpaired) electrons. The van der Waals surface area contributed by atoms with Gasteiger partial charge in [0.15, 0.2) is 5.58 Å². The van der Waals surface area contributed by atoms with Crippen molar-refractivity contribution in [2.24, 2.45) is 7.05 Å². The first-order chi connectivity index (χ1) is 16.3. The van der Waals surface area contributed by atoms with Crippen LogP contribution in [0.15, 0.2) is 40.8 Å². The molecule has 2 aromatic heterocycles. The van der Waals surface area contributed by atoms with E-state index < -0.39 is 11.6 Å². The van der Waals surface area contributed by atoms with Gasteiger partial charge >= 0.3 is 0 Å². The number of carbonyl (C=O) groups is 1. The molecule has 0 saturated carbocycles. The van der Waals surface area contributed by atoms with Gasteiger partial charge in [-0.2, -0.15) is 10.1 Å². The fourth-order valence-corrected chi connectivity index (χ4v) is 5.09. The predicted molar refractivity (Wildman–Crippen MR) is 124 cm³/mol. The van der Waals surface area contributed by atoms with E-state index in [1.165, 1.54) is 12.1 Å². The highest BCUT2D eigenvalue weighted by Crippen LogP contribution is 2.41. The van der Waals surface area contributed by atoms with E-state index in [0.717, 1.165) is 17.3 Å². The molecule has 2 N–H and O–H groups in total. The molecule has 4 aromatic rings. The SMILES string of the molecule is CCC1Cc2c(nn(C)c2-c2cc(F)cc(F)c2)C(CC)N1C(=O)c1ccc2nc(N)oc2c1. The van der Waals surface area contributed by atoms with Gasteiger partial charge in [-0.25, -0.2) is 8.78 Å². The predicted octanol–water partition coefficient (Wildman–Crippen LogP) is 5.02. The number of oxazole rings is 1. The van der Waals surface area contributed by atoms with Gasteiger partial charge in [-0.1, -0.05) is 13.8 Å². The first-order valence-corrected chi connectivity index (χ1v) is 11.3. The third kappa shape index (κ3) is 3.52. The van der Waals surface area contributed by atoms with Crippen molar-refractivity contribution in [1.82, 2.24) is 19.7 Å². The summed E-state index contributed by atoms with van der Waals surface area (Å²) in [5.41, 5.74) is 9.97. The Hall–Kier alpha value is -3.75. The standard InChI is InChI=1S/C25H25F2N5O2/c1-4-17-12-18-22(30-31(3)23(18)14-8-15(26)11-16(27)9-14)20(5-2)32(17)24(33)13-6-7-19-21(10-13)34-25(28)29-19/h6-11,17,20H,4-5,12H2,1-3H3,(H2,28,29). The van der Waals surface area contributed by atoms with Crippen LogP contribution < -0.4 is 5.73 Å². The van der Waals surface area contributed by atoms with E-state index in [1.807, 2.05) is 18.7 Å². The van der Waals surface area contributed by atoms with Gasteiger partial charge in [0.1, 0.15) is 17.2 Å². The van der Waals surface area contributed by atoms with Crippen LogP contribution in [0.2, 0.25) is 0 Å². The van der Waals surface area contributed by atoms with E-state index in [-0.39, 0.29) is 24.0 Å². The average molecular weight is 466 g/mol. The van der Waals surface area contributed by atoms with Crippen molar-refractivity contribution in [2.45, 2.75) is 45.2 Å². The molecule has 2 aromatic carbocycles. The van der Waals surface area contributed by atoms with Gasteiger partial charge in [-0.05, 0) is 49.6 Å². The van der Waals surface area contributed by atoms with Crippen molar-refractivity contribution in [3.05, 3.63) is 64.9 Å². The van der Waals surface area contributed by atoms with E-state index in [0.29, 0.717) is 47.2 Å². The summed E-state index contributed by atoms with van der Waals surface area (Å²) >= 11 is 0. The summed E-state index contributed by atoms with van der Waals surface area (Å²) in [6, 6.07) is 8.26. The molecule has 2 unspecified atom stereocenters. The molecule has 5 rings (SSSR count). The fraction of sp³-hybridized carbons (Fsp3) is 0.320. The Balaban J connectivity index is 1.60. The van der Waals surface area contributed by atoms with E-state index in [9.17, 15) is 13.6 Å². The number of aryl methyl sites for hydroxylation is 1. The molecule has 1 amide bonds. The molecule has 0 spiro atoms. The van der Waals surface area contributed by atoms with Crippen LogP contribution in [0.25, 0.3) is 22.4 Å². The molecule has 0 saturated heterocycles. The number of nitrogens with zero attached hydrogens (tertiary/aromatic N) is 4. The average Bonchev–Trinajstić information content (AvgIpc) is 3.33. The molecule has 34 heavy (non-hydrogen) atoms. The van der Waals surface area contributed by atoms with Crippen molar-refractivity contribution in [1.29, 1.82) is 0 Å². The summed E-state index contributed by atoms with van der Waals surface area (Å²) in [6.07, 6.45) is 1.89. The van der Waals surface area contributed by atoms with Gasteiger partial charge in [0, 0.05) is 35.8 Å². The quantitative estimate of drug-likeness (QED) is 0.457. The summed E-state index contributed by atoms with van der Waals surface area (Å²) in [5, 5.41) is 4.72. The lowest BCUT2D eigenvalue weighted by Gasteiger charge is -2.41. The van der Waals surface area contributed by atoms with E-state index in [2.05, 4.69) is 4.98 Å². The van der Waals surface area contributed by atoms with Crippen LogP contribution in [0.5, 0.6) is 0 Å². The molecule has 9 heteroatoms. The number of nitrogens with two attached hydrogens (primary N) is 1. The minimum atomic E-state index is -0.639. The third-order valence-corrected chi connectivity index (χ3v) is 6.54. The highest BCUT2D eigenvalue weighted by Gasteiger charge is 2.40. The molecule has 0 aliphatic carbocycles. The molecular weight excluding hydrogens is 440 g/mol. The van der Waals surface area contributed by atoms with Gasteiger partial charge in [-0.15, -0.1) is 0 Å². The van der Waals surface area contributed by atoms with Crippen LogP contribution >= 0.6 is 0 Å². The third-order valence-electron chi connectivity index (χ3n) is 6.54. The lowest BCUT2D eigenvalue weighted by atomic mass is 9.87. The number of hydrogen-bond donors (Lipinski definition) is 1. The Kier molecular flexibility index (Phi) is 5.34. The second-order valence-corrected chi connectivity index (χ2v) is 8.63. The Morgan fingerprint density at radius 3 is 2.56 bits per heavy atom. The molecular formula is C25H25F2N5O2. The Labute approximate surface area is 195 Å². The first-order valence-electron chi connectivity index (χ1n) is 11.3. The highest BCUT2D eigenvalue weighted by atomic mass is 19.1. The molecule has 1 aliphatic heterocycles. The molecule has 7 nitrogen and oxygen atoms in total. The number of anilines is 1. The fourth-order valence-electron chi connectivity index (χ4n) is 5.09. The number of fused-ring (bicyclic) bond motifs is 2. The maximum absolute atomic E-state index is 14.0. The van der Waals surface area contributed by atoms with Crippen LogP contribution in [0, 0.1) is 11.6 Å². The largest absolute Gasteiger partial charge is 0.424 e.